The molecule has 1 fully saturated rings. The molecule has 198 valence electrons. The Bertz CT molecular complexity index is 1450. The second-order valence-corrected chi connectivity index (χ2v) is 9.40. The van der Waals surface area contributed by atoms with Gasteiger partial charge >= 0.3 is 6.18 Å². The van der Waals surface area contributed by atoms with Crippen molar-refractivity contribution in [3.8, 4) is 11.3 Å². The molecule has 1 aliphatic rings. The summed E-state index contributed by atoms with van der Waals surface area (Å²) in [6, 6.07) is 10.4. The Balaban J connectivity index is 1.44. The van der Waals surface area contributed by atoms with E-state index in [0.717, 1.165) is 17.3 Å². The predicted molar refractivity (Wildman–Crippen MR) is 136 cm³/mol. The number of carbonyl (C=O) groups excluding carboxylic acids is 1. The van der Waals surface area contributed by atoms with Gasteiger partial charge in [0, 0.05) is 67.7 Å². The summed E-state index contributed by atoms with van der Waals surface area (Å²) in [5, 5.41) is 10.9. The molecule has 3 aromatic heterocycles. The van der Waals surface area contributed by atoms with E-state index in [1.54, 1.807) is 25.4 Å². The molecule has 0 spiro atoms. The largest absolute Gasteiger partial charge is 0.416 e. The van der Waals surface area contributed by atoms with Crippen LogP contribution in [0.5, 0.6) is 0 Å². The Morgan fingerprint density at radius 3 is 2.76 bits per heavy atom. The van der Waals surface area contributed by atoms with Crippen molar-refractivity contribution >= 4 is 16.9 Å². The van der Waals surface area contributed by atoms with Crippen LogP contribution >= 0.6 is 0 Å². The lowest BCUT2D eigenvalue weighted by atomic mass is 9.90. The van der Waals surface area contributed by atoms with Crippen LogP contribution in [0.25, 0.3) is 22.3 Å². The molecule has 0 saturated carbocycles. The summed E-state index contributed by atoms with van der Waals surface area (Å²) < 4.78 is 46.7. The van der Waals surface area contributed by atoms with Gasteiger partial charge in [0.1, 0.15) is 5.69 Å². The van der Waals surface area contributed by atoms with Crippen LogP contribution in [-0.2, 0) is 10.9 Å². The van der Waals surface area contributed by atoms with Gasteiger partial charge in [-0.3, -0.25) is 19.8 Å². The number of fused-ring (bicyclic) bond motifs is 1. The van der Waals surface area contributed by atoms with Crippen molar-refractivity contribution in [1.29, 1.82) is 0 Å². The zero-order valence-electron chi connectivity index (χ0n) is 20.9. The number of pyridine rings is 2. The van der Waals surface area contributed by atoms with Gasteiger partial charge in [0.2, 0.25) is 0 Å². The molecular formula is C27H27F3N6O2. The van der Waals surface area contributed by atoms with E-state index in [4.69, 9.17) is 4.74 Å². The quantitative estimate of drug-likeness (QED) is 0.377. The number of rotatable bonds is 7. The molecule has 1 amide bonds. The molecule has 0 bridgehead atoms. The first-order valence-corrected chi connectivity index (χ1v) is 12.2. The summed E-state index contributed by atoms with van der Waals surface area (Å²) in [5.74, 6) is -0.958. The molecule has 2 atom stereocenters. The van der Waals surface area contributed by atoms with Gasteiger partial charge in [-0.05, 0) is 36.8 Å². The molecule has 2 N–H and O–H groups in total. The number of halogens is 3. The second kappa shape index (κ2) is 10.5. The van der Waals surface area contributed by atoms with E-state index in [1.165, 1.54) is 18.3 Å². The number of methoxy groups -OCH3 is 1. The molecule has 11 heteroatoms. The van der Waals surface area contributed by atoms with E-state index in [2.05, 4.69) is 25.5 Å². The van der Waals surface area contributed by atoms with Crippen molar-refractivity contribution in [2.75, 3.05) is 33.4 Å². The average Bonchev–Trinajstić information content (AvgIpc) is 3.50. The number of hydrogen-bond donors (Lipinski definition) is 2. The number of aryl methyl sites for hydroxylation is 1. The monoisotopic (exact) mass is 524 g/mol. The molecule has 38 heavy (non-hydrogen) atoms. The highest BCUT2D eigenvalue weighted by Crippen LogP contribution is 2.38. The molecule has 4 aromatic rings. The Kier molecular flexibility index (Phi) is 7.13. The third-order valence-corrected chi connectivity index (χ3v) is 6.84. The van der Waals surface area contributed by atoms with Crippen LogP contribution < -0.4 is 5.32 Å². The minimum atomic E-state index is -4.50. The third kappa shape index (κ3) is 5.25. The smallest absolute Gasteiger partial charge is 0.383 e. The fourth-order valence-corrected chi connectivity index (χ4v) is 5.02. The Morgan fingerprint density at radius 2 is 2.00 bits per heavy atom. The fourth-order valence-electron chi connectivity index (χ4n) is 5.02. The summed E-state index contributed by atoms with van der Waals surface area (Å²) in [5.41, 5.74) is 2.59. The number of amides is 1. The van der Waals surface area contributed by atoms with E-state index in [0.29, 0.717) is 48.5 Å². The average molecular weight is 525 g/mol. The highest BCUT2D eigenvalue weighted by atomic mass is 19.4. The molecule has 8 nitrogen and oxygen atoms in total. The first-order valence-electron chi connectivity index (χ1n) is 12.2. The van der Waals surface area contributed by atoms with Gasteiger partial charge in [0.15, 0.2) is 5.65 Å². The molecule has 0 unspecified atom stereocenters. The van der Waals surface area contributed by atoms with E-state index in [1.807, 2.05) is 24.0 Å². The van der Waals surface area contributed by atoms with Crippen molar-refractivity contribution in [2.24, 2.45) is 0 Å². The Hall–Kier alpha value is -3.83. The molecule has 4 heterocycles. The predicted octanol–water partition coefficient (Wildman–Crippen LogP) is 4.19. The number of carbonyl (C=O) groups is 1. The zero-order valence-corrected chi connectivity index (χ0v) is 20.9. The minimum Gasteiger partial charge on any atom is -0.383 e. The Morgan fingerprint density at radius 1 is 1.18 bits per heavy atom. The number of aromatic amines is 1. The van der Waals surface area contributed by atoms with Crippen LogP contribution in [0.1, 0.15) is 33.1 Å². The van der Waals surface area contributed by atoms with Gasteiger partial charge in [-0.15, -0.1) is 0 Å². The van der Waals surface area contributed by atoms with Gasteiger partial charge < -0.3 is 10.1 Å². The number of ether oxygens (including phenoxy) is 1. The lowest BCUT2D eigenvalue weighted by Crippen LogP contribution is -2.40. The van der Waals surface area contributed by atoms with Crippen LogP contribution in [0.15, 0.2) is 54.9 Å². The number of nitrogens with zero attached hydrogens (tertiary/aromatic N) is 4. The minimum absolute atomic E-state index is 0.170. The summed E-state index contributed by atoms with van der Waals surface area (Å²) in [4.78, 5) is 24.0. The Labute approximate surface area is 217 Å². The highest BCUT2D eigenvalue weighted by Gasteiger charge is 2.41. The lowest BCUT2D eigenvalue weighted by molar-refractivity contribution is -0.138. The number of H-pyrrole nitrogens is 1. The molecule has 1 saturated heterocycles. The number of likely N-dealkylation sites (tertiary alicyclic amines) is 1. The SMILES string of the molecule is COCCN1C[C@H](NC(=O)c2cnc3[nH]nc(-c4ccnc(C)c4)c3c2)[C@@H](c2ccccc2C(F)(F)F)C1. The molecule has 1 aromatic carbocycles. The second-order valence-electron chi connectivity index (χ2n) is 9.40. The van der Waals surface area contributed by atoms with Crippen LogP contribution in [0.4, 0.5) is 13.2 Å². The maximum absolute atomic E-state index is 13.8. The molecule has 1 aliphatic heterocycles. The van der Waals surface area contributed by atoms with E-state index in [9.17, 15) is 18.0 Å². The number of benzene rings is 1. The third-order valence-electron chi connectivity index (χ3n) is 6.84. The van der Waals surface area contributed by atoms with Crippen molar-refractivity contribution in [3.05, 3.63) is 77.2 Å². The topological polar surface area (TPSA) is 96.0 Å². The molecular weight excluding hydrogens is 497 g/mol. The zero-order chi connectivity index (χ0) is 26.9. The number of aromatic nitrogens is 4. The van der Waals surface area contributed by atoms with Gasteiger partial charge in [0.25, 0.3) is 5.91 Å². The summed E-state index contributed by atoms with van der Waals surface area (Å²) in [6.07, 6.45) is -1.37. The molecule has 5 rings (SSSR count). The standard InChI is InChI=1S/C27H27F3N6O2/c1-16-11-17(7-8-31-16)24-20-12-18(13-32-25(20)35-34-24)26(37)33-23-15-36(9-10-38-2)14-21(23)19-5-3-4-6-22(19)27(28,29)30/h3-8,11-13,21,23H,9-10,14-15H2,1-2H3,(H,33,37)(H,32,34,35)/t21-,23+/m1/s1. The summed E-state index contributed by atoms with van der Waals surface area (Å²) >= 11 is 0. The van der Waals surface area contributed by atoms with E-state index < -0.39 is 29.6 Å². The van der Waals surface area contributed by atoms with Crippen LogP contribution in [0.3, 0.4) is 0 Å². The number of alkyl halides is 3. The maximum Gasteiger partial charge on any atom is 0.416 e. The molecule has 0 aliphatic carbocycles. The van der Waals surface area contributed by atoms with Crippen molar-refractivity contribution < 1.29 is 22.7 Å². The maximum atomic E-state index is 13.8. The van der Waals surface area contributed by atoms with Crippen molar-refractivity contribution in [2.45, 2.75) is 25.1 Å². The summed E-state index contributed by atoms with van der Waals surface area (Å²) in [7, 11) is 1.58. The van der Waals surface area contributed by atoms with Gasteiger partial charge in [-0.1, -0.05) is 18.2 Å². The lowest BCUT2D eigenvalue weighted by Gasteiger charge is -2.23. The fraction of sp³-hybridized carbons (Fsp3) is 0.333. The van der Waals surface area contributed by atoms with Crippen LogP contribution in [-0.4, -0.2) is 70.4 Å². The number of nitrogens with one attached hydrogen (secondary N) is 2. The first kappa shape index (κ1) is 25.8. The highest BCUT2D eigenvalue weighted by molar-refractivity contribution is 6.00. The van der Waals surface area contributed by atoms with Crippen LogP contribution in [0, 0.1) is 6.92 Å². The summed E-state index contributed by atoms with van der Waals surface area (Å²) in [6.45, 7) is 3.62. The van der Waals surface area contributed by atoms with E-state index in [-0.39, 0.29) is 5.56 Å². The normalized spacial score (nSPS) is 18.2. The van der Waals surface area contributed by atoms with Gasteiger partial charge in [0.05, 0.1) is 17.7 Å². The van der Waals surface area contributed by atoms with Gasteiger partial charge in [-0.2, -0.15) is 18.3 Å². The van der Waals surface area contributed by atoms with Crippen molar-refractivity contribution in [3.63, 3.8) is 0 Å². The van der Waals surface area contributed by atoms with Crippen LogP contribution in [0.2, 0.25) is 0 Å². The first-order chi connectivity index (χ1) is 18.2. The number of hydrogen-bond acceptors (Lipinski definition) is 6. The van der Waals surface area contributed by atoms with Gasteiger partial charge in [-0.25, -0.2) is 4.98 Å². The van der Waals surface area contributed by atoms with E-state index >= 15 is 0 Å². The van der Waals surface area contributed by atoms with Crippen molar-refractivity contribution in [1.82, 2.24) is 30.4 Å². The molecule has 0 radical (unpaired) electrons.